The third-order valence-electron chi connectivity index (χ3n) is 3.85. The van der Waals surface area contributed by atoms with Crippen LogP contribution in [-0.2, 0) is 4.79 Å². The van der Waals surface area contributed by atoms with E-state index in [2.05, 4.69) is 38.4 Å². The number of hydrogen-bond donors (Lipinski definition) is 2. The van der Waals surface area contributed by atoms with Gasteiger partial charge >= 0.3 is 0 Å². The van der Waals surface area contributed by atoms with Gasteiger partial charge in [0.25, 0.3) is 11.8 Å². The molecule has 0 saturated heterocycles. The molecular weight excluding hydrogens is 513 g/mol. The molecule has 2 amide bonds. The summed E-state index contributed by atoms with van der Waals surface area (Å²) in [5, 5.41) is 6.50. The van der Waals surface area contributed by atoms with Crippen molar-refractivity contribution in [2.75, 3.05) is 20.3 Å². The number of nitrogens with one attached hydrogen (secondary N) is 2. The van der Waals surface area contributed by atoms with Crippen molar-refractivity contribution < 1.29 is 23.8 Å². The SMILES string of the molecule is CCOc1cc(C=NNC(=O)CNC(=O)c2ccccc2OC)cc(I)c1OC(C)C. The van der Waals surface area contributed by atoms with Crippen LogP contribution in [0.25, 0.3) is 0 Å². The molecule has 0 radical (unpaired) electrons. The highest BCUT2D eigenvalue weighted by Crippen LogP contribution is 2.34. The van der Waals surface area contributed by atoms with Crippen molar-refractivity contribution >= 4 is 40.6 Å². The van der Waals surface area contributed by atoms with Crippen LogP contribution in [0.4, 0.5) is 0 Å². The molecule has 9 heteroatoms. The summed E-state index contributed by atoms with van der Waals surface area (Å²) in [5.74, 6) is 0.855. The molecule has 0 bridgehead atoms. The Balaban J connectivity index is 1.97. The molecule has 0 saturated carbocycles. The number of amides is 2. The summed E-state index contributed by atoms with van der Waals surface area (Å²) in [6.45, 7) is 6.06. The van der Waals surface area contributed by atoms with Gasteiger partial charge < -0.3 is 19.5 Å². The summed E-state index contributed by atoms with van der Waals surface area (Å²) in [6.07, 6.45) is 1.52. The lowest BCUT2D eigenvalue weighted by Gasteiger charge is -2.16. The van der Waals surface area contributed by atoms with E-state index in [-0.39, 0.29) is 12.6 Å². The molecule has 8 nitrogen and oxygen atoms in total. The van der Waals surface area contributed by atoms with Crippen molar-refractivity contribution in [3.8, 4) is 17.2 Å². The summed E-state index contributed by atoms with van der Waals surface area (Å²) in [6, 6.07) is 10.4. The first-order valence-electron chi connectivity index (χ1n) is 9.71. The van der Waals surface area contributed by atoms with Gasteiger partial charge in [0.2, 0.25) is 0 Å². The highest BCUT2D eigenvalue weighted by Gasteiger charge is 2.14. The van der Waals surface area contributed by atoms with E-state index < -0.39 is 11.8 Å². The van der Waals surface area contributed by atoms with Crippen molar-refractivity contribution in [1.82, 2.24) is 10.7 Å². The van der Waals surface area contributed by atoms with E-state index in [1.807, 2.05) is 26.8 Å². The fourth-order valence-corrected chi connectivity index (χ4v) is 3.33. The summed E-state index contributed by atoms with van der Waals surface area (Å²) < 4.78 is 17.5. The number of rotatable bonds is 10. The zero-order chi connectivity index (χ0) is 22.8. The second-order valence-corrected chi connectivity index (χ2v) is 7.77. The van der Waals surface area contributed by atoms with Gasteiger partial charge in [-0.1, -0.05) is 12.1 Å². The van der Waals surface area contributed by atoms with Crippen molar-refractivity contribution in [1.29, 1.82) is 0 Å². The minimum absolute atomic E-state index is 0.0117. The molecule has 0 unspecified atom stereocenters. The number of para-hydroxylation sites is 1. The fourth-order valence-electron chi connectivity index (χ4n) is 2.58. The number of hydrazone groups is 1. The topological polar surface area (TPSA) is 98.2 Å². The molecule has 0 spiro atoms. The number of halogens is 1. The Morgan fingerprint density at radius 1 is 1.19 bits per heavy atom. The highest BCUT2D eigenvalue weighted by atomic mass is 127. The summed E-state index contributed by atoms with van der Waals surface area (Å²) in [5.41, 5.74) is 3.48. The van der Waals surface area contributed by atoms with E-state index in [0.29, 0.717) is 29.4 Å². The summed E-state index contributed by atoms with van der Waals surface area (Å²) in [7, 11) is 1.48. The second-order valence-electron chi connectivity index (χ2n) is 6.61. The summed E-state index contributed by atoms with van der Waals surface area (Å²) >= 11 is 2.17. The third-order valence-corrected chi connectivity index (χ3v) is 4.65. The summed E-state index contributed by atoms with van der Waals surface area (Å²) in [4.78, 5) is 24.3. The number of carbonyl (C=O) groups is 2. The minimum Gasteiger partial charge on any atom is -0.496 e. The van der Waals surface area contributed by atoms with Gasteiger partial charge in [-0.05, 0) is 73.2 Å². The molecule has 0 atom stereocenters. The maximum atomic E-state index is 12.2. The molecule has 2 rings (SSSR count). The van der Waals surface area contributed by atoms with E-state index in [9.17, 15) is 9.59 Å². The lowest BCUT2D eigenvalue weighted by atomic mass is 10.2. The van der Waals surface area contributed by atoms with Gasteiger partial charge in [0, 0.05) is 0 Å². The Hall–Kier alpha value is -2.82. The molecule has 2 aromatic carbocycles. The largest absolute Gasteiger partial charge is 0.496 e. The molecule has 2 N–H and O–H groups in total. The minimum atomic E-state index is -0.459. The predicted molar refractivity (Wildman–Crippen MR) is 127 cm³/mol. The Kier molecular flexibility index (Phi) is 9.57. The van der Waals surface area contributed by atoms with Gasteiger partial charge in [0.15, 0.2) is 11.5 Å². The molecule has 0 aliphatic rings. The lowest BCUT2D eigenvalue weighted by molar-refractivity contribution is -0.120. The van der Waals surface area contributed by atoms with Gasteiger partial charge in [-0.2, -0.15) is 5.10 Å². The molecule has 0 aliphatic heterocycles. The van der Waals surface area contributed by atoms with E-state index in [1.165, 1.54) is 13.3 Å². The fraction of sp³-hybridized carbons (Fsp3) is 0.318. The van der Waals surface area contributed by atoms with E-state index >= 15 is 0 Å². The number of benzene rings is 2. The Labute approximate surface area is 195 Å². The zero-order valence-corrected chi connectivity index (χ0v) is 20.1. The quantitative estimate of drug-likeness (QED) is 0.274. The molecule has 0 aromatic heterocycles. The van der Waals surface area contributed by atoms with E-state index in [4.69, 9.17) is 14.2 Å². The average Bonchev–Trinajstić information content (AvgIpc) is 2.74. The van der Waals surface area contributed by atoms with Crippen LogP contribution < -0.4 is 25.0 Å². The predicted octanol–water partition coefficient (Wildman–Crippen LogP) is 3.37. The highest BCUT2D eigenvalue weighted by molar-refractivity contribution is 14.1. The Bertz CT molecular complexity index is 947. The average molecular weight is 539 g/mol. The number of methoxy groups -OCH3 is 1. The first-order valence-corrected chi connectivity index (χ1v) is 10.8. The van der Waals surface area contributed by atoms with Crippen LogP contribution in [0.5, 0.6) is 17.2 Å². The lowest BCUT2D eigenvalue weighted by Crippen LogP contribution is -2.35. The zero-order valence-electron chi connectivity index (χ0n) is 17.9. The molecule has 166 valence electrons. The first kappa shape index (κ1) is 24.4. The van der Waals surface area contributed by atoms with Crippen molar-refractivity contribution in [2.24, 2.45) is 5.10 Å². The molecule has 0 heterocycles. The number of hydrogen-bond acceptors (Lipinski definition) is 6. The van der Waals surface area contributed by atoms with E-state index in [1.54, 1.807) is 30.3 Å². The normalized spacial score (nSPS) is 10.8. The van der Waals surface area contributed by atoms with Crippen LogP contribution in [0.3, 0.4) is 0 Å². The first-order chi connectivity index (χ1) is 14.8. The Morgan fingerprint density at radius 3 is 2.61 bits per heavy atom. The van der Waals surface area contributed by atoms with Crippen molar-refractivity contribution in [3.63, 3.8) is 0 Å². The van der Waals surface area contributed by atoms with Crippen LogP contribution in [0.2, 0.25) is 0 Å². The van der Waals surface area contributed by atoms with Crippen LogP contribution in [0.15, 0.2) is 41.5 Å². The second kappa shape index (κ2) is 12.1. The number of ether oxygens (including phenoxy) is 3. The smallest absolute Gasteiger partial charge is 0.259 e. The molecular formula is C22H26IN3O5. The number of carbonyl (C=O) groups excluding carboxylic acids is 2. The number of nitrogens with zero attached hydrogens (tertiary/aromatic N) is 1. The van der Waals surface area contributed by atoms with Crippen LogP contribution in [0.1, 0.15) is 36.7 Å². The molecule has 0 fully saturated rings. The van der Waals surface area contributed by atoms with Crippen LogP contribution >= 0.6 is 22.6 Å². The maximum absolute atomic E-state index is 12.2. The van der Waals surface area contributed by atoms with Gasteiger partial charge in [0.05, 0.1) is 41.7 Å². The van der Waals surface area contributed by atoms with Crippen molar-refractivity contribution in [2.45, 2.75) is 26.9 Å². The molecule has 2 aromatic rings. The standard InChI is InChI=1S/C22H26IN3O5/c1-5-30-19-11-15(10-17(23)21(19)31-14(2)3)12-25-26-20(27)13-24-22(28)16-8-6-7-9-18(16)29-4/h6-12,14H,5,13H2,1-4H3,(H,24,28)(H,26,27). The Morgan fingerprint density at radius 2 is 1.94 bits per heavy atom. The molecule has 31 heavy (non-hydrogen) atoms. The van der Waals surface area contributed by atoms with Gasteiger partial charge in [-0.3, -0.25) is 9.59 Å². The van der Waals surface area contributed by atoms with Crippen molar-refractivity contribution in [3.05, 3.63) is 51.1 Å². The van der Waals surface area contributed by atoms with Crippen LogP contribution in [-0.4, -0.2) is 44.4 Å². The molecule has 0 aliphatic carbocycles. The monoisotopic (exact) mass is 539 g/mol. The van der Waals surface area contributed by atoms with E-state index in [0.717, 1.165) is 9.13 Å². The van der Waals surface area contributed by atoms with Gasteiger partial charge in [0.1, 0.15) is 5.75 Å². The van der Waals surface area contributed by atoms with Crippen LogP contribution in [0, 0.1) is 3.57 Å². The van der Waals surface area contributed by atoms with Gasteiger partial charge in [-0.15, -0.1) is 0 Å². The van der Waals surface area contributed by atoms with Gasteiger partial charge in [-0.25, -0.2) is 5.43 Å². The maximum Gasteiger partial charge on any atom is 0.259 e. The third kappa shape index (κ3) is 7.42.